The molecule has 0 unspecified atom stereocenters. The van der Waals surface area contributed by atoms with E-state index in [1.165, 1.54) is 0 Å². The lowest BCUT2D eigenvalue weighted by molar-refractivity contribution is -0.139. The van der Waals surface area contributed by atoms with Crippen molar-refractivity contribution in [1.29, 1.82) is 0 Å². The van der Waals surface area contributed by atoms with Gasteiger partial charge < -0.3 is 15.4 Å². The highest BCUT2D eigenvalue weighted by atomic mass is 16.5. The third-order valence-electron chi connectivity index (χ3n) is 3.00. The van der Waals surface area contributed by atoms with Crippen LogP contribution in [0.25, 0.3) is 0 Å². The van der Waals surface area contributed by atoms with Gasteiger partial charge in [0.05, 0.1) is 5.54 Å². The van der Waals surface area contributed by atoms with Crippen molar-refractivity contribution in [3.05, 3.63) is 0 Å². The van der Waals surface area contributed by atoms with Gasteiger partial charge in [-0.3, -0.25) is 4.79 Å². The molecule has 0 radical (unpaired) electrons. The monoisotopic (exact) mass is 228 g/mol. The molecule has 0 bridgehead atoms. The van der Waals surface area contributed by atoms with Crippen LogP contribution in [0.1, 0.15) is 39.5 Å². The molecule has 16 heavy (non-hydrogen) atoms. The van der Waals surface area contributed by atoms with E-state index in [-0.39, 0.29) is 11.4 Å². The molecule has 0 saturated carbocycles. The Hall–Kier alpha value is -0.610. The first kappa shape index (κ1) is 13.5. The van der Waals surface area contributed by atoms with Crippen molar-refractivity contribution in [3.8, 4) is 0 Å². The minimum Gasteiger partial charge on any atom is -0.382 e. The van der Waals surface area contributed by atoms with E-state index in [1.807, 2.05) is 11.8 Å². The molecular formula is C12H24N2O2. The summed E-state index contributed by atoms with van der Waals surface area (Å²) in [5.41, 5.74) is 5.99. The summed E-state index contributed by atoms with van der Waals surface area (Å²) in [5.74, 6) is 0.219. The fourth-order valence-electron chi connectivity index (χ4n) is 2.17. The predicted octanol–water partition coefficient (Wildman–Crippen LogP) is 1.14. The number of ether oxygens (including phenoxy) is 1. The van der Waals surface area contributed by atoms with E-state index in [0.29, 0.717) is 13.0 Å². The average Bonchev–Trinajstić information content (AvgIpc) is 2.21. The van der Waals surface area contributed by atoms with Gasteiger partial charge in [-0.1, -0.05) is 13.3 Å². The molecule has 0 aromatic carbocycles. The number of hydrogen-bond donors (Lipinski definition) is 1. The summed E-state index contributed by atoms with van der Waals surface area (Å²) in [4.78, 5) is 13.6. The maximum Gasteiger partial charge on any atom is 0.222 e. The Morgan fingerprint density at radius 1 is 1.44 bits per heavy atom. The fraction of sp³-hybridized carbons (Fsp3) is 0.917. The molecule has 0 spiro atoms. The Kier molecular flexibility index (Phi) is 5.22. The van der Waals surface area contributed by atoms with E-state index in [4.69, 9.17) is 10.5 Å². The van der Waals surface area contributed by atoms with Gasteiger partial charge in [0.1, 0.15) is 0 Å². The number of likely N-dealkylation sites (tertiary alicyclic amines) is 1. The number of rotatable bonds is 7. The summed E-state index contributed by atoms with van der Waals surface area (Å²) in [6.07, 6.45) is 3.50. The summed E-state index contributed by atoms with van der Waals surface area (Å²) in [5, 5.41) is 0. The lowest BCUT2D eigenvalue weighted by Gasteiger charge is -2.48. The van der Waals surface area contributed by atoms with Crippen molar-refractivity contribution in [2.45, 2.75) is 45.1 Å². The second kappa shape index (κ2) is 6.21. The smallest absolute Gasteiger partial charge is 0.222 e. The normalized spacial score (nSPS) is 18.3. The number of nitrogens with two attached hydrogens (primary N) is 1. The van der Waals surface area contributed by atoms with Gasteiger partial charge in [0.2, 0.25) is 5.91 Å². The van der Waals surface area contributed by atoms with Crippen LogP contribution in [-0.2, 0) is 9.53 Å². The molecule has 4 heteroatoms. The Balaban J connectivity index is 2.12. The van der Waals surface area contributed by atoms with Gasteiger partial charge in [0, 0.05) is 32.7 Å². The fourth-order valence-corrected chi connectivity index (χ4v) is 2.17. The van der Waals surface area contributed by atoms with Crippen LogP contribution in [0.2, 0.25) is 0 Å². The SMILES string of the molecule is CCCC1(N)CN(C(=O)CCCOCC)C1. The maximum absolute atomic E-state index is 11.7. The van der Waals surface area contributed by atoms with E-state index in [0.717, 1.165) is 39.0 Å². The molecule has 0 aliphatic carbocycles. The highest BCUT2D eigenvalue weighted by Crippen LogP contribution is 2.23. The van der Waals surface area contributed by atoms with Gasteiger partial charge >= 0.3 is 0 Å². The number of carbonyl (C=O) groups is 1. The minimum absolute atomic E-state index is 0.107. The van der Waals surface area contributed by atoms with Crippen LogP contribution in [0.15, 0.2) is 0 Å². The predicted molar refractivity (Wildman–Crippen MR) is 64.1 cm³/mol. The first-order chi connectivity index (χ1) is 7.61. The van der Waals surface area contributed by atoms with Gasteiger partial charge in [-0.25, -0.2) is 0 Å². The molecule has 2 N–H and O–H groups in total. The van der Waals surface area contributed by atoms with Crippen LogP contribution in [-0.4, -0.2) is 42.6 Å². The van der Waals surface area contributed by atoms with Gasteiger partial charge in [-0.2, -0.15) is 0 Å². The largest absolute Gasteiger partial charge is 0.382 e. The summed E-state index contributed by atoms with van der Waals surface area (Å²) < 4.78 is 5.20. The van der Waals surface area contributed by atoms with Crippen molar-refractivity contribution in [2.75, 3.05) is 26.3 Å². The number of carbonyl (C=O) groups excluding carboxylic acids is 1. The Labute approximate surface area is 98.1 Å². The van der Waals surface area contributed by atoms with Crippen molar-refractivity contribution >= 4 is 5.91 Å². The summed E-state index contributed by atoms with van der Waals surface area (Å²) in [6, 6.07) is 0. The van der Waals surface area contributed by atoms with E-state index >= 15 is 0 Å². The van der Waals surface area contributed by atoms with Crippen LogP contribution < -0.4 is 5.73 Å². The first-order valence-corrected chi connectivity index (χ1v) is 6.25. The van der Waals surface area contributed by atoms with Crippen molar-refractivity contribution in [3.63, 3.8) is 0 Å². The molecule has 94 valence electrons. The topological polar surface area (TPSA) is 55.6 Å². The maximum atomic E-state index is 11.7. The first-order valence-electron chi connectivity index (χ1n) is 6.25. The van der Waals surface area contributed by atoms with Crippen LogP contribution in [0.3, 0.4) is 0 Å². The molecule has 1 aliphatic heterocycles. The molecule has 1 saturated heterocycles. The highest BCUT2D eigenvalue weighted by Gasteiger charge is 2.40. The lowest BCUT2D eigenvalue weighted by atomic mass is 9.86. The van der Waals surface area contributed by atoms with Crippen LogP contribution in [0.5, 0.6) is 0 Å². The summed E-state index contributed by atoms with van der Waals surface area (Å²) >= 11 is 0. The lowest BCUT2D eigenvalue weighted by Crippen LogP contribution is -2.68. The van der Waals surface area contributed by atoms with Gasteiger partial charge in [-0.15, -0.1) is 0 Å². The van der Waals surface area contributed by atoms with E-state index in [1.54, 1.807) is 0 Å². The third kappa shape index (κ3) is 3.76. The van der Waals surface area contributed by atoms with Crippen LogP contribution in [0.4, 0.5) is 0 Å². The van der Waals surface area contributed by atoms with Crippen molar-refractivity contribution < 1.29 is 9.53 Å². The molecule has 1 heterocycles. The zero-order valence-electron chi connectivity index (χ0n) is 10.5. The molecule has 1 aliphatic rings. The molecule has 1 rings (SSSR count). The molecular weight excluding hydrogens is 204 g/mol. The van der Waals surface area contributed by atoms with Crippen molar-refractivity contribution in [2.24, 2.45) is 5.73 Å². The van der Waals surface area contributed by atoms with E-state index in [2.05, 4.69) is 6.92 Å². The second-order valence-corrected chi connectivity index (χ2v) is 4.66. The summed E-state index contributed by atoms with van der Waals surface area (Å²) in [6.45, 7) is 6.95. The third-order valence-corrected chi connectivity index (χ3v) is 3.00. The molecule has 0 atom stereocenters. The zero-order chi connectivity index (χ0) is 12.0. The standard InChI is InChI=1S/C12H24N2O2/c1-3-7-12(13)9-14(10-12)11(15)6-5-8-16-4-2/h3-10,13H2,1-2H3. The van der Waals surface area contributed by atoms with E-state index < -0.39 is 0 Å². The van der Waals surface area contributed by atoms with Crippen LogP contribution >= 0.6 is 0 Å². The summed E-state index contributed by atoms with van der Waals surface area (Å²) in [7, 11) is 0. The number of amides is 1. The minimum atomic E-state index is -0.107. The second-order valence-electron chi connectivity index (χ2n) is 4.66. The van der Waals surface area contributed by atoms with Gasteiger partial charge in [0.25, 0.3) is 0 Å². The number of nitrogens with zero attached hydrogens (tertiary/aromatic N) is 1. The molecule has 1 fully saturated rings. The Morgan fingerprint density at radius 2 is 2.12 bits per heavy atom. The van der Waals surface area contributed by atoms with Crippen LogP contribution in [0, 0.1) is 0 Å². The molecule has 0 aromatic rings. The quantitative estimate of drug-likeness (QED) is 0.665. The molecule has 4 nitrogen and oxygen atoms in total. The Morgan fingerprint density at radius 3 is 2.69 bits per heavy atom. The van der Waals surface area contributed by atoms with E-state index in [9.17, 15) is 4.79 Å². The van der Waals surface area contributed by atoms with Gasteiger partial charge in [-0.05, 0) is 19.8 Å². The molecule has 1 amide bonds. The van der Waals surface area contributed by atoms with Gasteiger partial charge in [0.15, 0.2) is 0 Å². The number of hydrogen-bond acceptors (Lipinski definition) is 3. The Bertz CT molecular complexity index is 225. The zero-order valence-corrected chi connectivity index (χ0v) is 10.5. The highest BCUT2D eigenvalue weighted by molar-refractivity contribution is 5.77. The average molecular weight is 228 g/mol. The van der Waals surface area contributed by atoms with Crippen molar-refractivity contribution in [1.82, 2.24) is 4.90 Å². The molecule has 0 aromatic heterocycles.